The van der Waals surface area contributed by atoms with Gasteiger partial charge in [-0.3, -0.25) is 0 Å². The molecule has 1 rings (SSSR count). The van der Waals surface area contributed by atoms with Gasteiger partial charge >= 0.3 is 29.8 Å². The maximum Gasteiger partial charge on any atom is 0.346 e. The SMILES string of the molecule is C=C(C)COC(=O)c1ccc(C(=O)OC(=O)C(=C)C)cc1C(=O)OC(=O)C(=C)C. The number of hydrogen-bond donors (Lipinski definition) is 0. The standard InChI is InChI=1S/C21H20O8/c1-11(2)10-27-20(25)15-8-7-14(19(24)28-17(22)12(3)4)9-16(15)21(26)29-18(23)13(5)6/h7-9H,1,3,5,10H2,2,4,6H3. The first-order chi connectivity index (χ1) is 13.4. The van der Waals surface area contributed by atoms with Crippen molar-refractivity contribution in [2.24, 2.45) is 0 Å². The van der Waals surface area contributed by atoms with Crippen molar-refractivity contribution in [2.45, 2.75) is 20.8 Å². The van der Waals surface area contributed by atoms with Crippen molar-refractivity contribution in [3.8, 4) is 0 Å². The van der Waals surface area contributed by atoms with Crippen LogP contribution in [-0.4, -0.2) is 36.5 Å². The molecule has 0 unspecified atom stereocenters. The number of carbonyl (C=O) groups is 5. The van der Waals surface area contributed by atoms with Crippen molar-refractivity contribution in [3.63, 3.8) is 0 Å². The molecule has 1 aromatic rings. The third-order valence-electron chi connectivity index (χ3n) is 3.21. The summed E-state index contributed by atoms with van der Waals surface area (Å²) < 4.78 is 14.2. The molecule has 0 aliphatic rings. The van der Waals surface area contributed by atoms with Gasteiger partial charge in [0.2, 0.25) is 0 Å². The van der Waals surface area contributed by atoms with Crippen molar-refractivity contribution in [1.82, 2.24) is 0 Å². The van der Waals surface area contributed by atoms with Gasteiger partial charge in [-0.1, -0.05) is 19.7 Å². The molecule has 0 atom stereocenters. The molecule has 0 bridgehead atoms. The maximum absolute atomic E-state index is 12.4. The largest absolute Gasteiger partial charge is 0.458 e. The first-order valence-corrected chi connectivity index (χ1v) is 8.23. The van der Waals surface area contributed by atoms with E-state index in [2.05, 4.69) is 29.2 Å². The molecule has 29 heavy (non-hydrogen) atoms. The number of rotatable bonds is 7. The van der Waals surface area contributed by atoms with E-state index in [-0.39, 0.29) is 28.9 Å². The maximum atomic E-state index is 12.4. The summed E-state index contributed by atoms with van der Waals surface area (Å²) in [6, 6.07) is 3.23. The number of esters is 5. The Morgan fingerprint density at radius 2 is 1.28 bits per heavy atom. The van der Waals surface area contributed by atoms with E-state index in [4.69, 9.17) is 4.74 Å². The van der Waals surface area contributed by atoms with Crippen LogP contribution in [0.25, 0.3) is 0 Å². The first kappa shape index (κ1) is 23.2. The molecule has 1 aromatic carbocycles. The Labute approximate surface area is 167 Å². The van der Waals surface area contributed by atoms with E-state index < -0.39 is 35.4 Å². The lowest BCUT2D eigenvalue weighted by Gasteiger charge is -2.11. The molecule has 0 N–H and O–H groups in total. The molecule has 8 heteroatoms. The van der Waals surface area contributed by atoms with Gasteiger partial charge in [0.15, 0.2) is 0 Å². The predicted molar refractivity (Wildman–Crippen MR) is 102 cm³/mol. The van der Waals surface area contributed by atoms with E-state index in [0.29, 0.717) is 5.57 Å². The van der Waals surface area contributed by atoms with E-state index in [1.165, 1.54) is 13.8 Å². The number of ether oxygens (including phenoxy) is 3. The Kier molecular flexibility index (Phi) is 7.96. The second-order valence-electron chi connectivity index (χ2n) is 6.21. The highest BCUT2D eigenvalue weighted by molar-refractivity contribution is 6.10. The van der Waals surface area contributed by atoms with Gasteiger partial charge in [0.05, 0.1) is 16.7 Å². The summed E-state index contributed by atoms with van der Waals surface area (Å²) in [7, 11) is 0. The van der Waals surface area contributed by atoms with Gasteiger partial charge in [0.25, 0.3) is 0 Å². The van der Waals surface area contributed by atoms with Gasteiger partial charge in [-0.05, 0) is 44.5 Å². The van der Waals surface area contributed by atoms with Gasteiger partial charge in [-0.25, -0.2) is 24.0 Å². The van der Waals surface area contributed by atoms with E-state index in [9.17, 15) is 24.0 Å². The molecular formula is C21H20O8. The Bertz CT molecular complexity index is 936. The van der Waals surface area contributed by atoms with Gasteiger partial charge in [-0.15, -0.1) is 0 Å². The van der Waals surface area contributed by atoms with Crippen LogP contribution in [0, 0.1) is 0 Å². The number of carbonyl (C=O) groups excluding carboxylic acids is 5. The summed E-state index contributed by atoms with van der Waals surface area (Å²) in [4.78, 5) is 60.0. The molecule has 0 radical (unpaired) electrons. The molecule has 0 saturated heterocycles. The van der Waals surface area contributed by atoms with Crippen molar-refractivity contribution in [1.29, 1.82) is 0 Å². The van der Waals surface area contributed by atoms with Gasteiger partial charge < -0.3 is 14.2 Å². The van der Waals surface area contributed by atoms with Crippen LogP contribution in [-0.2, 0) is 23.8 Å². The molecule has 0 fully saturated rings. The minimum atomic E-state index is -1.21. The molecular weight excluding hydrogens is 380 g/mol. The van der Waals surface area contributed by atoms with Gasteiger partial charge in [0, 0.05) is 11.1 Å². The lowest BCUT2D eigenvalue weighted by atomic mass is 10.0. The topological polar surface area (TPSA) is 113 Å². The number of hydrogen-bond acceptors (Lipinski definition) is 8. The molecule has 0 saturated carbocycles. The van der Waals surface area contributed by atoms with Crippen molar-refractivity contribution in [3.05, 3.63) is 71.3 Å². The zero-order valence-electron chi connectivity index (χ0n) is 16.3. The van der Waals surface area contributed by atoms with Crippen LogP contribution in [0.5, 0.6) is 0 Å². The quantitative estimate of drug-likeness (QED) is 0.226. The molecule has 0 aliphatic heterocycles. The minimum absolute atomic E-state index is 0.00923. The fraction of sp³-hybridized carbons (Fsp3) is 0.190. The van der Waals surface area contributed by atoms with Gasteiger partial charge in [0.1, 0.15) is 6.61 Å². The summed E-state index contributed by atoms with van der Waals surface area (Å²) >= 11 is 0. The van der Waals surface area contributed by atoms with Crippen LogP contribution < -0.4 is 0 Å². The highest BCUT2D eigenvalue weighted by Gasteiger charge is 2.25. The minimum Gasteiger partial charge on any atom is -0.458 e. The molecule has 0 amide bonds. The second kappa shape index (κ2) is 9.93. The highest BCUT2D eigenvalue weighted by Crippen LogP contribution is 2.17. The summed E-state index contributed by atoms with van der Waals surface area (Å²) in [5.41, 5.74) is -0.418. The fourth-order valence-corrected chi connectivity index (χ4v) is 1.74. The number of benzene rings is 1. The predicted octanol–water partition coefficient (Wildman–Crippen LogP) is 2.94. The van der Waals surface area contributed by atoms with E-state index >= 15 is 0 Å². The fourth-order valence-electron chi connectivity index (χ4n) is 1.74. The van der Waals surface area contributed by atoms with E-state index in [1.807, 2.05) is 0 Å². The first-order valence-electron chi connectivity index (χ1n) is 8.23. The van der Waals surface area contributed by atoms with E-state index in [0.717, 1.165) is 18.2 Å². The smallest absolute Gasteiger partial charge is 0.346 e. The third-order valence-corrected chi connectivity index (χ3v) is 3.21. The monoisotopic (exact) mass is 400 g/mol. The summed E-state index contributed by atoms with van der Waals surface area (Å²) in [6.45, 7) is 14.5. The summed E-state index contributed by atoms with van der Waals surface area (Å²) in [5, 5.41) is 0. The van der Waals surface area contributed by atoms with E-state index in [1.54, 1.807) is 6.92 Å². The van der Waals surface area contributed by atoms with Crippen LogP contribution >= 0.6 is 0 Å². The zero-order chi connectivity index (χ0) is 22.3. The van der Waals surface area contributed by atoms with Crippen molar-refractivity contribution in [2.75, 3.05) is 6.61 Å². The van der Waals surface area contributed by atoms with Crippen LogP contribution in [0.15, 0.2) is 54.7 Å². The molecule has 0 aliphatic carbocycles. The average molecular weight is 400 g/mol. The third kappa shape index (κ3) is 6.69. The van der Waals surface area contributed by atoms with Crippen LogP contribution in [0.3, 0.4) is 0 Å². The lowest BCUT2D eigenvalue weighted by molar-refractivity contribution is -0.134. The molecule has 8 nitrogen and oxygen atoms in total. The Morgan fingerprint density at radius 1 is 0.759 bits per heavy atom. The summed E-state index contributed by atoms with van der Waals surface area (Å²) in [5.74, 6) is -5.16. The summed E-state index contributed by atoms with van der Waals surface area (Å²) in [6.07, 6.45) is 0. The zero-order valence-corrected chi connectivity index (χ0v) is 16.3. The lowest BCUT2D eigenvalue weighted by Crippen LogP contribution is -2.20. The van der Waals surface area contributed by atoms with Crippen molar-refractivity contribution >= 4 is 29.8 Å². The van der Waals surface area contributed by atoms with Crippen LogP contribution in [0.2, 0.25) is 0 Å². The molecule has 0 heterocycles. The Balaban J connectivity index is 3.31. The van der Waals surface area contributed by atoms with Crippen LogP contribution in [0.1, 0.15) is 51.8 Å². The van der Waals surface area contributed by atoms with Gasteiger partial charge in [-0.2, -0.15) is 0 Å². The molecule has 152 valence electrons. The second-order valence-corrected chi connectivity index (χ2v) is 6.21. The Hall–Kier alpha value is -3.81. The molecule has 0 aromatic heterocycles. The normalized spacial score (nSPS) is 9.76. The molecule has 0 spiro atoms. The van der Waals surface area contributed by atoms with Crippen LogP contribution in [0.4, 0.5) is 0 Å². The van der Waals surface area contributed by atoms with Crippen molar-refractivity contribution < 1.29 is 38.2 Å². The average Bonchev–Trinajstić information content (AvgIpc) is 2.64. The highest BCUT2D eigenvalue weighted by atomic mass is 16.6. The Morgan fingerprint density at radius 3 is 1.76 bits per heavy atom.